The third kappa shape index (κ3) is 2.52. The minimum atomic E-state index is -4.37. The molecule has 0 atom stereocenters. The van der Waals surface area contributed by atoms with Gasteiger partial charge < -0.3 is 11.1 Å². The fourth-order valence-corrected chi connectivity index (χ4v) is 1.13. The van der Waals surface area contributed by atoms with E-state index in [1.165, 1.54) is 6.07 Å². The standard InChI is InChI=1S/C8H8ClF3N2/c9-6-2-1-5(8(10,11)12)3-7(6)14-4-13/h1-3,14H,4,13H2. The van der Waals surface area contributed by atoms with Crippen molar-refractivity contribution in [1.29, 1.82) is 0 Å². The number of halogens is 4. The summed E-state index contributed by atoms with van der Waals surface area (Å²) in [6, 6.07) is 3.03. The Labute approximate surface area is 83.9 Å². The maximum atomic E-state index is 12.2. The Bertz CT molecular complexity index is 325. The molecule has 0 spiro atoms. The Morgan fingerprint density at radius 3 is 2.50 bits per heavy atom. The normalized spacial score (nSPS) is 11.5. The van der Waals surface area contributed by atoms with Gasteiger partial charge in [-0.3, -0.25) is 0 Å². The van der Waals surface area contributed by atoms with Crippen molar-refractivity contribution < 1.29 is 13.2 Å². The van der Waals surface area contributed by atoms with E-state index in [9.17, 15) is 13.2 Å². The van der Waals surface area contributed by atoms with Crippen LogP contribution in [0.1, 0.15) is 5.56 Å². The topological polar surface area (TPSA) is 38.0 Å². The lowest BCUT2D eigenvalue weighted by molar-refractivity contribution is -0.137. The molecule has 0 amide bonds. The molecule has 0 bridgehead atoms. The number of rotatable bonds is 2. The maximum absolute atomic E-state index is 12.2. The molecule has 0 fully saturated rings. The van der Waals surface area contributed by atoms with Gasteiger partial charge in [0.25, 0.3) is 0 Å². The van der Waals surface area contributed by atoms with Gasteiger partial charge in [-0.1, -0.05) is 11.6 Å². The number of alkyl halides is 3. The Morgan fingerprint density at radius 2 is 2.00 bits per heavy atom. The van der Waals surface area contributed by atoms with Gasteiger partial charge in [0, 0.05) is 0 Å². The van der Waals surface area contributed by atoms with Crippen LogP contribution in [0.2, 0.25) is 5.02 Å². The predicted molar refractivity (Wildman–Crippen MR) is 49.1 cm³/mol. The van der Waals surface area contributed by atoms with Crippen LogP contribution in [0, 0.1) is 0 Å². The van der Waals surface area contributed by atoms with Gasteiger partial charge in [0.05, 0.1) is 22.9 Å². The summed E-state index contributed by atoms with van der Waals surface area (Å²) in [6.45, 7) is 0.0288. The van der Waals surface area contributed by atoms with Crippen LogP contribution in [0.25, 0.3) is 0 Å². The molecule has 1 rings (SSSR count). The molecule has 0 saturated heterocycles. The molecule has 14 heavy (non-hydrogen) atoms. The number of anilines is 1. The van der Waals surface area contributed by atoms with E-state index < -0.39 is 11.7 Å². The first kappa shape index (κ1) is 11.1. The van der Waals surface area contributed by atoms with Gasteiger partial charge in [-0.05, 0) is 18.2 Å². The Morgan fingerprint density at radius 1 is 1.36 bits per heavy atom. The fourth-order valence-electron chi connectivity index (χ4n) is 0.947. The summed E-state index contributed by atoms with van der Waals surface area (Å²) in [7, 11) is 0. The smallest absolute Gasteiger partial charge is 0.371 e. The van der Waals surface area contributed by atoms with Crippen molar-refractivity contribution in [1.82, 2.24) is 0 Å². The number of benzene rings is 1. The van der Waals surface area contributed by atoms with Crippen LogP contribution in [-0.2, 0) is 6.18 Å². The van der Waals surface area contributed by atoms with E-state index in [-0.39, 0.29) is 17.4 Å². The van der Waals surface area contributed by atoms with Crippen molar-refractivity contribution in [3.8, 4) is 0 Å². The summed E-state index contributed by atoms with van der Waals surface area (Å²) in [5.74, 6) is 0. The Hall–Kier alpha value is -0.940. The van der Waals surface area contributed by atoms with Crippen molar-refractivity contribution in [2.45, 2.75) is 6.18 Å². The monoisotopic (exact) mass is 224 g/mol. The van der Waals surface area contributed by atoms with Gasteiger partial charge in [0.2, 0.25) is 0 Å². The zero-order chi connectivity index (χ0) is 10.8. The molecule has 78 valence electrons. The first-order valence-corrected chi connectivity index (χ1v) is 4.13. The highest BCUT2D eigenvalue weighted by atomic mass is 35.5. The minimum absolute atomic E-state index is 0.0288. The average molecular weight is 225 g/mol. The third-order valence-electron chi connectivity index (χ3n) is 1.59. The summed E-state index contributed by atoms with van der Waals surface area (Å²) < 4.78 is 36.7. The van der Waals surface area contributed by atoms with E-state index in [0.717, 1.165) is 12.1 Å². The average Bonchev–Trinajstić information content (AvgIpc) is 2.07. The predicted octanol–water partition coefficient (Wildman–Crippen LogP) is 2.69. The van der Waals surface area contributed by atoms with Crippen LogP contribution in [0.5, 0.6) is 0 Å². The van der Waals surface area contributed by atoms with E-state index in [1.807, 2.05) is 0 Å². The molecule has 0 aliphatic carbocycles. The molecule has 0 unspecified atom stereocenters. The second-order valence-corrected chi connectivity index (χ2v) is 2.98. The van der Waals surface area contributed by atoms with Crippen LogP contribution in [-0.4, -0.2) is 6.67 Å². The molecule has 0 saturated carbocycles. The van der Waals surface area contributed by atoms with Crippen molar-refractivity contribution >= 4 is 17.3 Å². The van der Waals surface area contributed by atoms with Crippen molar-refractivity contribution in [2.75, 3.05) is 12.0 Å². The van der Waals surface area contributed by atoms with Crippen LogP contribution >= 0.6 is 11.6 Å². The van der Waals surface area contributed by atoms with E-state index in [0.29, 0.717) is 0 Å². The van der Waals surface area contributed by atoms with Gasteiger partial charge in [0.15, 0.2) is 0 Å². The minimum Gasteiger partial charge on any atom is -0.371 e. The highest BCUT2D eigenvalue weighted by Crippen LogP contribution is 2.33. The van der Waals surface area contributed by atoms with Crippen LogP contribution in [0.4, 0.5) is 18.9 Å². The van der Waals surface area contributed by atoms with Gasteiger partial charge in [-0.2, -0.15) is 13.2 Å². The third-order valence-corrected chi connectivity index (χ3v) is 1.92. The Balaban J connectivity index is 3.06. The van der Waals surface area contributed by atoms with Gasteiger partial charge in [-0.15, -0.1) is 0 Å². The largest absolute Gasteiger partial charge is 0.416 e. The number of nitrogens with two attached hydrogens (primary N) is 1. The molecular formula is C8H8ClF3N2. The molecule has 2 nitrogen and oxygen atoms in total. The van der Waals surface area contributed by atoms with E-state index in [1.54, 1.807) is 0 Å². The van der Waals surface area contributed by atoms with Crippen molar-refractivity contribution in [3.63, 3.8) is 0 Å². The molecule has 1 aromatic carbocycles. The van der Waals surface area contributed by atoms with Gasteiger partial charge in [-0.25, -0.2) is 0 Å². The molecule has 0 radical (unpaired) electrons. The summed E-state index contributed by atoms with van der Waals surface area (Å²) in [5.41, 5.74) is 4.57. The molecule has 0 aromatic heterocycles. The van der Waals surface area contributed by atoms with Crippen LogP contribution in [0.3, 0.4) is 0 Å². The maximum Gasteiger partial charge on any atom is 0.416 e. The van der Waals surface area contributed by atoms with E-state index in [2.05, 4.69) is 5.32 Å². The molecule has 1 aromatic rings. The van der Waals surface area contributed by atoms with Gasteiger partial charge in [0.1, 0.15) is 0 Å². The lowest BCUT2D eigenvalue weighted by Crippen LogP contribution is -2.12. The summed E-state index contributed by atoms with van der Waals surface area (Å²) in [5, 5.41) is 2.75. The lowest BCUT2D eigenvalue weighted by Gasteiger charge is -2.10. The molecule has 3 N–H and O–H groups in total. The van der Waals surface area contributed by atoms with Crippen LogP contribution < -0.4 is 11.1 Å². The molecular weight excluding hydrogens is 217 g/mol. The first-order valence-electron chi connectivity index (χ1n) is 3.76. The first-order chi connectivity index (χ1) is 6.45. The van der Waals surface area contributed by atoms with E-state index in [4.69, 9.17) is 17.3 Å². The molecule has 0 heterocycles. The molecule has 6 heteroatoms. The summed E-state index contributed by atoms with van der Waals surface area (Å²) in [4.78, 5) is 0. The van der Waals surface area contributed by atoms with Crippen molar-refractivity contribution in [3.05, 3.63) is 28.8 Å². The van der Waals surface area contributed by atoms with E-state index >= 15 is 0 Å². The second kappa shape index (κ2) is 4.06. The Kier molecular flexibility index (Phi) is 3.23. The second-order valence-electron chi connectivity index (χ2n) is 2.57. The fraction of sp³-hybridized carbons (Fsp3) is 0.250. The van der Waals surface area contributed by atoms with Gasteiger partial charge >= 0.3 is 6.18 Å². The number of hydrogen-bond acceptors (Lipinski definition) is 2. The quantitative estimate of drug-likeness (QED) is 0.758. The summed E-state index contributed by atoms with van der Waals surface area (Å²) in [6.07, 6.45) is -4.37. The van der Waals surface area contributed by atoms with Crippen LogP contribution in [0.15, 0.2) is 18.2 Å². The number of hydrogen-bond donors (Lipinski definition) is 2. The highest BCUT2D eigenvalue weighted by molar-refractivity contribution is 6.33. The zero-order valence-corrected chi connectivity index (χ0v) is 7.78. The zero-order valence-electron chi connectivity index (χ0n) is 7.03. The SMILES string of the molecule is NCNc1cc(C(F)(F)F)ccc1Cl. The lowest BCUT2D eigenvalue weighted by atomic mass is 10.2. The van der Waals surface area contributed by atoms with Crippen molar-refractivity contribution in [2.24, 2.45) is 5.73 Å². The molecule has 0 aliphatic rings. The number of nitrogens with one attached hydrogen (secondary N) is 1. The molecule has 0 aliphatic heterocycles. The summed E-state index contributed by atoms with van der Waals surface area (Å²) >= 11 is 5.64. The highest BCUT2D eigenvalue weighted by Gasteiger charge is 2.30.